The molecule has 0 aliphatic heterocycles. The number of nitrogen functional groups attached to an aromatic ring is 1. The summed E-state index contributed by atoms with van der Waals surface area (Å²) in [5.74, 6) is 0.199. The number of pyridine rings is 1. The lowest BCUT2D eigenvalue weighted by atomic mass is 9.94. The highest BCUT2D eigenvalue weighted by molar-refractivity contribution is 7.99. The van der Waals surface area contributed by atoms with Crippen molar-refractivity contribution in [2.45, 2.75) is 43.9 Å². The number of nitrogens with two attached hydrogens (primary N) is 1. The lowest BCUT2D eigenvalue weighted by Crippen LogP contribution is -2.35. The van der Waals surface area contributed by atoms with Crippen molar-refractivity contribution in [2.24, 2.45) is 0 Å². The average Bonchev–Trinajstić information content (AvgIpc) is 2.49. The second kappa shape index (κ2) is 7.54. The molecule has 3 N–H and O–H groups in total. The van der Waals surface area contributed by atoms with Gasteiger partial charge in [0.1, 0.15) is 11.4 Å². The summed E-state index contributed by atoms with van der Waals surface area (Å²) in [6.07, 6.45) is 8.47. The quantitative estimate of drug-likeness (QED) is 0.814. The molecule has 0 spiro atoms. The Morgan fingerprint density at radius 1 is 1.52 bits per heavy atom. The minimum absolute atomic E-state index is 0.332. The molecule has 6 heteroatoms. The number of ether oxygens (including phenoxy) is 1. The third kappa shape index (κ3) is 4.03. The van der Waals surface area contributed by atoms with Gasteiger partial charge in [0.05, 0.1) is 18.5 Å². The number of hydrogen-bond acceptors (Lipinski definition) is 6. The minimum atomic E-state index is -0.378. The van der Waals surface area contributed by atoms with Crippen LogP contribution >= 0.6 is 11.8 Å². The monoisotopic (exact) mass is 309 g/mol. The molecule has 2 atom stereocenters. The van der Waals surface area contributed by atoms with E-state index in [1.165, 1.54) is 19.3 Å². The van der Waals surface area contributed by atoms with E-state index in [9.17, 15) is 4.79 Å². The van der Waals surface area contributed by atoms with E-state index < -0.39 is 0 Å². The van der Waals surface area contributed by atoms with Crippen molar-refractivity contribution >= 4 is 29.2 Å². The van der Waals surface area contributed by atoms with E-state index in [-0.39, 0.29) is 5.97 Å². The van der Waals surface area contributed by atoms with Gasteiger partial charge in [0.25, 0.3) is 0 Å². The Labute approximate surface area is 130 Å². The van der Waals surface area contributed by atoms with E-state index in [0.717, 1.165) is 6.42 Å². The molecule has 116 valence electrons. The topological polar surface area (TPSA) is 77.2 Å². The first-order valence-corrected chi connectivity index (χ1v) is 8.66. The zero-order valence-corrected chi connectivity index (χ0v) is 13.4. The fourth-order valence-electron chi connectivity index (χ4n) is 2.68. The van der Waals surface area contributed by atoms with Crippen LogP contribution in [0.5, 0.6) is 0 Å². The Morgan fingerprint density at radius 2 is 2.29 bits per heavy atom. The number of anilines is 2. The van der Waals surface area contributed by atoms with Crippen LogP contribution in [0.15, 0.2) is 12.3 Å². The lowest BCUT2D eigenvalue weighted by molar-refractivity contribution is 0.0527. The number of carbonyl (C=O) groups is 1. The van der Waals surface area contributed by atoms with Gasteiger partial charge in [-0.3, -0.25) is 0 Å². The van der Waals surface area contributed by atoms with E-state index in [1.54, 1.807) is 19.2 Å². The number of aromatic nitrogens is 1. The zero-order chi connectivity index (χ0) is 15.2. The molecule has 1 aromatic heterocycles. The van der Waals surface area contributed by atoms with Crippen molar-refractivity contribution in [3.8, 4) is 0 Å². The van der Waals surface area contributed by atoms with Gasteiger partial charge in [0.2, 0.25) is 0 Å². The van der Waals surface area contributed by atoms with Gasteiger partial charge in [-0.2, -0.15) is 11.8 Å². The van der Waals surface area contributed by atoms with Crippen LogP contribution < -0.4 is 11.1 Å². The fourth-order valence-corrected chi connectivity index (χ4v) is 3.62. The summed E-state index contributed by atoms with van der Waals surface area (Å²) >= 11 is 1.87. The minimum Gasteiger partial charge on any atom is -0.462 e. The summed E-state index contributed by atoms with van der Waals surface area (Å²) in [5.41, 5.74) is 6.63. The van der Waals surface area contributed by atoms with Gasteiger partial charge >= 0.3 is 5.97 Å². The van der Waals surface area contributed by atoms with Crippen LogP contribution in [0, 0.1) is 0 Å². The van der Waals surface area contributed by atoms with Gasteiger partial charge in [-0.1, -0.05) is 12.8 Å². The summed E-state index contributed by atoms with van der Waals surface area (Å²) in [7, 11) is 0. The van der Waals surface area contributed by atoms with Crippen LogP contribution in [0.25, 0.3) is 0 Å². The predicted octanol–water partition coefficient (Wildman–Crippen LogP) is 2.93. The first-order valence-electron chi connectivity index (χ1n) is 7.37. The number of rotatable bonds is 5. The van der Waals surface area contributed by atoms with Gasteiger partial charge in [0.15, 0.2) is 0 Å². The number of esters is 1. The summed E-state index contributed by atoms with van der Waals surface area (Å²) < 4.78 is 5.09. The van der Waals surface area contributed by atoms with E-state index >= 15 is 0 Å². The molecule has 0 radical (unpaired) electrons. The fraction of sp³-hybridized carbons (Fsp3) is 0.600. The molecule has 2 unspecified atom stereocenters. The molecule has 1 aliphatic rings. The SMILES string of the molecule is CCOC(=O)c1cc(N)cnc1NC1CCCCC1SC. The molecule has 0 amide bonds. The van der Waals surface area contributed by atoms with Crippen molar-refractivity contribution in [3.63, 3.8) is 0 Å². The molecular formula is C15H23N3O2S. The summed E-state index contributed by atoms with van der Waals surface area (Å²) in [5, 5.41) is 3.98. The van der Waals surface area contributed by atoms with E-state index in [0.29, 0.717) is 35.0 Å². The maximum atomic E-state index is 12.0. The Hall–Kier alpha value is -1.43. The summed E-state index contributed by atoms with van der Waals surface area (Å²) in [6.45, 7) is 2.12. The Kier molecular flexibility index (Phi) is 5.73. The Morgan fingerprint density at radius 3 is 3.00 bits per heavy atom. The molecule has 2 rings (SSSR count). The van der Waals surface area contributed by atoms with Crippen molar-refractivity contribution in [2.75, 3.05) is 23.9 Å². The summed E-state index contributed by atoms with van der Waals surface area (Å²) in [6, 6.07) is 1.96. The highest BCUT2D eigenvalue weighted by atomic mass is 32.2. The zero-order valence-electron chi connectivity index (χ0n) is 12.6. The van der Waals surface area contributed by atoms with Crippen molar-refractivity contribution in [1.82, 2.24) is 4.98 Å². The molecule has 21 heavy (non-hydrogen) atoms. The molecule has 1 fully saturated rings. The predicted molar refractivity (Wildman–Crippen MR) is 87.8 cm³/mol. The van der Waals surface area contributed by atoms with Gasteiger partial charge < -0.3 is 15.8 Å². The molecular weight excluding hydrogens is 286 g/mol. The molecule has 0 aromatic carbocycles. The molecule has 0 bridgehead atoms. The normalized spacial score (nSPS) is 21.8. The lowest BCUT2D eigenvalue weighted by Gasteiger charge is -2.31. The Balaban J connectivity index is 2.20. The molecule has 5 nitrogen and oxygen atoms in total. The first kappa shape index (κ1) is 15.9. The number of nitrogens with zero attached hydrogens (tertiary/aromatic N) is 1. The van der Waals surface area contributed by atoms with Crippen LogP contribution in [0.2, 0.25) is 0 Å². The highest BCUT2D eigenvalue weighted by Crippen LogP contribution is 2.30. The number of carbonyl (C=O) groups excluding carboxylic acids is 1. The van der Waals surface area contributed by atoms with Crippen LogP contribution in [-0.4, -0.2) is 35.1 Å². The first-order chi connectivity index (χ1) is 10.2. The smallest absolute Gasteiger partial charge is 0.341 e. The molecule has 1 aromatic rings. The van der Waals surface area contributed by atoms with Crippen molar-refractivity contribution in [3.05, 3.63) is 17.8 Å². The molecule has 1 heterocycles. The largest absolute Gasteiger partial charge is 0.462 e. The van der Waals surface area contributed by atoms with Crippen LogP contribution in [0.3, 0.4) is 0 Å². The highest BCUT2D eigenvalue weighted by Gasteiger charge is 2.26. The Bertz CT molecular complexity index is 496. The third-order valence-corrected chi connectivity index (χ3v) is 4.90. The molecule has 0 saturated heterocycles. The molecule has 1 saturated carbocycles. The van der Waals surface area contributed by atoms with E-state index in [1.807, 2.05) is 11.8 Å². The van der Waals surface area contributed by atoms with Gasteiger partial charge in [-0.05, 0) is 32.1 Å². The molecule has 1 aliphatic carbocycles. The van der Waals surface area contributed by atoms with Gasteiger partial charge in [0, 0.05) is 11.3 Å². The number of hydrogen-bond donors (Lipinski definition) is 2. The summed E-state index contributed by atoms with van der Waals surface area (Å²) in [4.78, 5) is 16.3. The number of thioether (sulfide) groups is 1. The van der Waals surface area contributed by atoms with Crippen molar-refractivity contribution < 1.29 is 9.53 Å². The standard InChI is InChI=1S/C15H23N3O2S/c1-3-20-15(19)11-8-10(16)9-17-14(11)18-12-6-4-5-7-13(12)21-2/h8-9,12-13H,3-7,16H2,1-2H3,(H,17,18). The average molecular weight is 309 g/mol. The number of nitrogens with one attached hydrogen (secondary N) is 1. The van der Waals surface area contributed by atoms with E-state index in [4.69, 9.17) is 10.5 Å². The maximum absolute atomic E-state index is 12.0. The second-order valence-corrected chi connectivity index (χ2v) is 6.27. The van der Waals surface area contributed by atoms with E-state index in [2.05, 4.69) is 16.6 Å². The van der Waals surface area contributed by atoms with Gasteiger partial charge in [-0.15, -0.1) is 0 Å². The van der Waals surface area contributed by atoms with Crippen molar-refractivity contribution in [1.29, 1.82) is 0 Å². The van der Waals surface area contributed by atoms with Crippen LogP contribution in [-0.2, 0) is 4.74 Å². The maximum Gasteiger partial charge on any atom is 0.341 e. The van der Waals surface area contributed by atoms with Gasteiger partial charge in [-0.25, -0.2) is 9.78 Å². The third-order valence-electron chi connectivity index (χ3n) is 3.73. The van der Waals surface area contributed by atoms with Crippen LogP contribution in [0.4, 0.5) is 11.5 Å². The second-order valence-electron chi connectivity index (χ2n) is 5.19. The van der Waals surface area contributed by atoms with Crippen LogP contribution in [0.1, 0.15) is 43.0 Å².